The van der Waals surface area contributed by atoms with E-state index in [1.807, 2.05) is 24.3 Å². The van der Waals surface area contributed by atoms with Crippen LogP contribution in [-0.4, -0.2) is 18.6 Å². The van der Waals surface area contributed by atoms with Crippen LogP contribution in [-0.2, 0) is 6.54 Å². The van der Waals surface area contributed by atoms with Crippen molar-refractivity contribution in [2.24, 2.45) is 0 Å². The molecule has 1 aromatic carbocycles. The lowest BCUT2D eigenvalue weighted by Crippen LogP contribution is -2.11. The maximum Gasteiger partial charge on any atom is 0.213 e. The minimum atomic E-state index is 0.588. The predicted molar refractivity (Wildman–Crippen MR) is 78.6 cm³/mol. The molecule has 0 fully saturated rings. The smallest absolute Gasteiger partial charge is 0.213 e. The Morgan fingerprint density at radius 3 is 2.79 bits per heavy atom. The maximum atomic E-state index is 6.35. The van der Waals surface area contributed by atoms with Gasteiger partial charge in [-0.25, -0.2) is 4.98 Å². The maximum absolute atomic E-state index is 6.35. The fourth-order valence-electron chi connectivity index (χ4n) is 1.86. The van der Waals surface area contributed by atoms with Crippen LogP contribution < -0.4 is 10.1 Å². The van der Waals surface area contributed by atoms with Crippen LogP contribution in [0.3, 0.4) is 0 Å². The molecule has 0 aliphatic rings. The highest BCUT2D eigenvalue weighted by molar-refractivity contribution is 6.33. The summed E-state index contributed by atoms with van der Waals surface area (Å²) in [7, 11) is 1.60. The molecular weight excluding hydrogens is 260 g/mol. The minimum Gasteiger partial charge on any atom is -0.481 e. The van der Waals surface area contributed by atoms with Crippen molar-refractivity contribution >= 4 is 11.6 Å². The predicted octanol–water partition coefficient (Wildman–Crippen LogP) is 3.52. The molecule has 1 N–H and O–H groups in total. The van der Waals surface area contributed by atoms with Gasteiger partial charge in [-0.15, -0.1) is 0 Å². The Bertz CT molecular complexity index is 558. The number of halogens is 1. The van der Waals surface area contributed by atoms with E-state index in [0.29, 0.717) is 5.88 Å². The van der Waals surface area contributed by atoms with Crippen LogP contribution in [0.2, 0.25) is 5.02 Å². The number of hydrogen-bond acceptors (Lipinski definition) is 3. The summed E-state index contributed by atoms with van der Waals surface area (Å²) in [5.74, 6) is 0.588. The van der Waals surface area contributed by atoms with Gasteiger partial charge in [0.25, 0.3) is 0 Å². The largest absolute Gasteiger partial charge is 0.481 e. The van der Waals surface area contributed by atoms with Crippen molar-refractivity contribution in [3.8, 4) is 17.0 Å². The van der Waals surface area contributed by atoms with Gasteiger partial charge < -0.3 is 10.1 Å². The van der Waals surface area contributed by atoms with Gasteiger partial charge in [-0.1, -0.05) is 30.7 Å². The summed E-state index contributed by atoms with van der Waals surface area (Å²) < 4.78 is 5.13. The molecule has 0 atom stereocenters. The lowest BCUT2D eigenvalue weighted by atomic mass is 10.0. The third-order valence-electron chi connectivity index (χ3n) is 2.87. The monoisotopic (exact) mass is 276 g/mol. The van der Waals surface area contributed by atoms with Crippen molar-refractivity contribution in [2.45, 2.75) is 13.5 Å². The fraction of sp³-hybridized carbons (Fsp3) is 0.267. The van der Waals surface area contributed by atoms with Gasteiger partial charge >= 0.3 is 0 Å². The van der Waals surface area contributed by atoms with E-state index in [1.165, 1.54) is 5.56 Å². The number of benzene rings is 1. The summed E-state index contributed by atoms with van der Waals surface area (Å²) in [6, 6.07) is 9.91. The summed E-state index contributed by atoms with van der Waals surface area (Å²) in [5, 5.41) is 4.02. The highest BCUT2D eigenvalue weighted by atomic mass is 35.5. The quantitative estimate of drug-likeness (QED) is 0.907. The van der Waals surface area contributed by atoms with Gasteiger partial charge in [0.2, 0.25) is 5.88 Å². The van der Waals surface area contributed by atoms with Crippen LogP contribution in [0.25, 0.3) is 11.1 Å². The first-order valence-electron chi connectivity index (χ1n) is 6.24. The Morgan fingerprint density at radius 2 is 2.11 bits per heavy atom. The van der Waals surface area contributed by atoms with Gasteiger partial charge in [-0.3, -0.25) is 0 Å². The molecule has 0 saturated carbocycles. The van der Waals surface area contributed by atoms with Crippen LogP contribution in [0.5, 0.6) is 5.88 Å². The average Bonchev–Trinajstić information content (AvgIpc) is 2.45. The number of nitrogens with zero attached hydrogens (tertiary/aromatic N) is 1. The molecular formula is C15H17ClN2O. The van der Waals surface area contributed by atoms with Crippen molar-refractivity contribution in [1.82, 2.24) is 10.3 Å². The van der Waals surface area contributed by atoms with Crippen LogP contribution in [0.15, 0.2) is 36.5 Å². The van der Waals surface area contributed by atoms with Gasteiger partial charge in [-0.2, -0.15) is 0 Å². The number of aromatic nitrogens is 1. The van der Waals surface area contributed by atoms with Crippen LogP contribution in [0.4, 0.5) is 0 Å². The van der Waals surface area contributed by atoms with E-state index in [2.05, 4.69) is 23.3 Å². The summed E-state index contributed by atoms with van der Waals surface area (Å²) >= 11 is 6.35. The highest BCUT2D eigenvalue weighted by Gasteiger charge is 2.06. The standard InChI is InChI=1S/C15H17ClN2O/c1-3-17-10-11-4-5-13(14(16)8-11)12-6-7-18-15(9-12)19-2/h4-9,17H,3,10H2,1-2H3. The van der Waals surface area contributed by atoms with Crippen molar-refractivity contribution in [3.63, 3.8) is 0 Å². The third kappa shape index (κ3) is 3.46. The first-order chi connectivity index (χ1) is 9.24. The van der Waals surface area contributed by atoms with E-state index in [4.69, 9.17) is 16.3 Å². The Kier molecular flexibility index (Phi) is 4.77. The Morgan fingerprint density at radius 1 is 1.26 bits per heavy atom. The molecule has 0 spiro atoms. The van der Waals surface area contributed by atoms with E-state index in [9.17, 15) is 0 Å². The normalized spacial score (nSPS) is 10.5. The molecule has 100 valence electrons. The fourth-order valence-corrected chi connectivity index (χ4v) is 2.17. The molecule has 0 unspecified atom stereocenters. The van der Waals surface area contributed by atoms with Crippen LogP contribution in [0, 0.1) is 0 Å². The molecule has 0 amide bonds. The molecule has 4 heteroatoms. The number of hydrogen-bond donors (Lipinski definition) is 1. The van der Waals surface area contributed by atoms with Gasteiger partial charge in [-0.05, 0) is 29.8 Å². The van der Waals surface area contributed by atoms with Gasteiger partial charge in [0.15, 0.2) is 0 Å². The first-order valence-corrected chi connectivity index (χ1v) is 6.62. The van der Waals surface area contributed by atoms with E-state index in [0.717, 1.165) is 29.2 Å². The topological polar surface area (TPSA) is 34.2 Å². The SMILES string of the molecule is CCNCc1ccc(-c2ccnc(OC)c2)c(Cl)c1. The van der Waals surface area contributed by atoms with Crippen molar-refractivity contribution in [1.29, 1.82) is 0 Å². The molecule has 0 aliphatic heterocycles. The average molecular weight is 277 g/mol. The second kappa shape index (κ2) is 6.55. The molecule has 19 heavy (non-hydrogen) atoms. The summed E-state index contributed by atoms with van der Waals surface area (Å²) in [6.07, 6.45) is 1.72. The zero-order valence-electron chi connectivity index (χ0n) is 11.1. The Balaban J connectivity index is 2.29. The van der Waals surface area contributed by atoms with E-state index >= 15 is 0 Å². The third-order valence-corrected chi connectivity index (χ3v) is 3.18. The second-order valence-electron chi connectivity index (χ2n) is 4.18. The van der Waals surface area contributed by atoms with Crippen LogP contribution in [0.1, 0.15) is 12.5 Å². The van der Waals surface area contributed by atoms with Crippen molar-refractivity contribution < 1.29 is 4.74 Å². The van der Waals surface area contributed by atoms with E-state index < -0.39 is 0 Å². The van der Waals surface area contributed by atoms with E-state index in [-0.39, 0.29) is 0 Å². The number of methoxy groups -OCH3 is 1. The Hall–Kier alpha value is -1.58. The molecule has 0 aliphatic carbocycles. The molecule has 1 aromatic heterocycles. The molecule has 0 bridgehead atoms. The summed E-state index contributed by atoms with van der Waals surface area (Å²) in [6.45, 7) is 3.86. The lowest BCUT2D eigenvalue weighted by Gasteiger charge is -2.08. The highest BCUT2D eigenvalue weighted by Crippen LogP contribution is 2.30. The summed E-state index contributed by atoms with van der Waals surface area (Å²) in [5.41, 5.74) is 3.17. The van der Waals surface area contributed by atoms with Gasteiger partial charge in [0.1, 0.15) is 0 Å². The van der Waals surface area contributed by atoms with Crippen LogP contribution >= 0.6 is 11.6 Å². The molecule has 0 radical (unpaired) electrons. The molecule has 3 nitrogen and oxygen atoms in total. The number of nitrogens with one attached hydrogen (secondary N) is 1. The molecule has 1 heterocycles. The molecule has 2 rings (SSSR count). The summed E-state index contributed by atoms with van der Waals surface area (Å²) in [4.78, 5) is 4.10. The first kappa shape index (κ1) is 13.8. The van der Waals surface area contributed by atoms with Crippen molar-refractivity contribution in [3.05, 3.63) is 47.1 Å². The van der Waals surface area contributed by atoms with E-state index in [1.54, 1.807) is 13.3 Å². The number of pyridine rings is 1. The molecule has 0 saturated heterocycles. The second-order valence-corrected chi connectivity index (χ2v) is 4.59. The van der Waals surface area contributed by atoms with Crippen molar-refractivity contribution in [2.75, 3.05) is 13.7 Å². The van der Waals surface area contributed by atoms with Gasteiger partial charge in [0, 0.05) is 29.4 Å². The molecule has 2 aromatic rings. The number of ether oxygens (including phenoxy) is 1. The Labute approximate surface area is 118 Å². The zero-order valence-corrected chi connectivity index (χ0v) is 11.9. The van der Waals surface area contributed by atoms with Gasteiger partial charge in [0.05, 0.1) is 7.11 Å². The zero-order chi connectivity index (χ0) is 13.7. The minimum absolute atomic E-state index is 0.588. The lowest BCUT2D eigenvalue weighted by molar-refractivity contribution is 0.398. The number of rotatable bonds is 5.